The molecule has 1 amide bonds. The molecule has 0 radical (unpaired) electrons. The monoisotopic (exact) mass is 587 g/mol. The summed E-state index contributed by atoms with van der Waals surface area (Å²) >= 11 is 5.53. The number of halogens is 2. The Balaban J connectivity index is 1.78. The van der Waals surface area contributed by atoms with Gasteiger partial charge in [-0.1, -0.05) is 58.4 Å². The van der Waals surface area contributed by atoms with Gasteiger partial charge in [-0.2, -0.15) is 0 Å². The number of hydrogen-bond donors (Lipinski definition) is 0. The van der Waals surface area contributed by atoms with Gasteiger partial charge in [-0.3, -0.25) is 4.79 Å². The predicted octanol–water partition coefficient (Wildman–Crippen LogP) is 5.19. The van der Waals surface area contributed by atoms with Crippen molar-refractivity contribution >= 4 is 50.4 Å². The third-order valence-corrected chi connectivity index (χ3v) is 6.07. The van der Waals surface area contributed by atoms with Gasteiger partial charge in [0.1, 0.15) is 6.61 Å². The van der Waals surface area contributed by atoms with Crippen molar-refractivity contribution in [2.45, 2.75) is 25.4 Å². The fraction of sp³-hybridized carbons (Fsp3) is 0.391. The molecule has 0 aliphatic heterocycles. The number of nitrogens with zero attached hydrogens (tertiary/aromatic N) is 1. The Morgan fingerprint density at radius 1 is 1.13 bits per heavy atom. The molecule has 7 heteroatoms. The lowest BCUT2D eigenvalue weighted by Crippen LogP contribution is -2.39. The number of carbonyl (C=O) groups excluding carboxylic acids is 2. The van der Waals surface area contributed by atoms with Gasteiger partial charge in [0, 0.05) is 23.8 Å². The number of ether oxygens (including phenoxy) is 2. The fourth-order valence-electron chi connectivity index (χ4n) is 2.90. The molecular weight excluding hydrogens is 561 g/mol. The Morgan fingerprint density at radius 2 is 1.87 bits per heavy atom. The normalized spacial score (nSPS) is 12.8. The van der Waals surface area contributed by atoms with Crippen molar-refractivity contribution < 1.29 is 19.1 Å². The van der Waals surface area contributed by atoms with Crippen LogP contribution in [-0.2, 0) is 26.3 Å². The maximum Gasteiger partial charge on any atom is 0.409 e. The summed E-state index contributed by atoms with van der Waals surface area (Å²) in [6.07, 6.45) is 0.291. The quantitative estimate of drug-likeness (QED) is 0.206. The number of Topliss-reactive ketones (excluding diaryl/α,β-unsaturated/α-hetero) is 1. The SMILES string of the molecule is CN(CCCOCC(C)(C(=O)CBr)c1cccc(I)c1)C(=O)OCc1ccccc1. The van der Waals surface area contributed by atoms with E-state index in [1.165, 1.54) is 4.90 Å². The summed E-state index contributed by atoms with van der Waals surface area (Å²) in [5, 5.41) is 0.272. The van der Waals surface area contributed by atoms with Crippen LogP contribution in [0.5, 0.6) is 0 Å². The number of alkyl halides is 1. The van der Waals surface area contributed by atoms with E-state index in [0.29, 0.717) is 26.2 Å². The minimum Gasteiger partial charge on any atom is -0.445 e. The van der Waals surface area contributed by atoms with Crippen LogP contribution in [0.1, 0.15) is 24.5 Å². The lowest BCUT2D eigenvalue weighted by Gasteiger charge is -2.28. The molecule has 0 aliphatic carbocycles. The first-order valence-electron chi connectivity index (χ1n) is 9.71. The second-order valence-electron chi connectivity index (χ2n) is 7.27. The average Bonchev–Trinajstić information content (AvgIpc) is 2.76. The summed E-state index contributed by atoms with van der Waals surface area (Å²) in [5.41, 5.74) is 1.18. The van der Waals surface area contributed by atoms with Crippen LogP contribution in [0.25, 0.3) is 0 Å². The zero-order valence-electron chi connectivity index (χ0n) is 17.3. The second kappa shape index (κ2) is 12.4. The van der Waals surface area contributed by atoms with Crippen molar-refractivity contribution in [2.24, 2.45) is 0 Å². The van der Waals surface area contributed by atoms with Crippen LogP contribution in [0, 0.1) is 3.57 Å². The van der Waals surface area contributed by atoms with Crippen LogP contribution < -0.4 is 0 Å². The van der Waals surface area contributed by atoms with E-state index in [1.807, 2.05) is 61.5 Å². The van der Waals surface area contributed by atoms with E-state index in [9.17, 15) is 9.59 Å². The number of benzene rings is 2. The standard InChI is InChI=1S/C23H27BrINO4/c1-23(21(27)15-24,19-10-6-11-20(25)14-19)17-29-13-7-12-26(2)22(28)30-16-18-8-4-3-5-9-18/h3-6,8-11,14H,7,12-13,15-17H2,1-2H3. The Kier molecular flexibility index (Phi) is 10.3. The molecule has 0 fully saturated rings. The Bertz CT molecular complexity index is 833. The molecule has 1 unspecified atom stereocenters. The lowest BCUT2D eigenvalue weighted by atomic mass is 9.80. The number of rotatable bonds is 11. The van der Waals surface area contributed by atoms with Gasteiger partial charge in [0.2, 0.25) is 0 Å². The minimum absolute atomic E-state index is 0.0751. The van der Waals surface area contributed by atoms with Gasteiger partial charge in [-0.15, -0.1) is 0 Å². The molecule has 0 N–H and O–H groups in total. The van der Waals surface area contributed by atoms with Crippen molar-refractivity contribution in [3.63, 3.8) is 0 Å². The van der Waals surface area contributed by atoms with E-state index < -0.39 is 5.41 Å². The molecular formula is C23H27BrINO4. The third-order valence-electron chi connectivity index (χ3n) is 4.89. The third kappa shape index (κ3) is 7.35. The van der Waals surface area contributed by atoms with E-state index in [-0.39, 0.29) is 23.8 Å². The van der Waals surface area contributed by atoms with Gasteiger partial charge in [-0.25, -0.2) is 4.79 Å². The Hall–Kier alpha value is -1.45. The van der Waals surface area contributed by atoms with Crippen molar-refractivity contribution in [2.75, 3.05) is 32.1 Å². The van der Waals surface area contributed by atoms with Gasteiger partial charge in [0.25, 0.3) is 0 Å². The molecule has 1 atom stereocenters. The van der Waals surface area contributed by atoms with Crippen LogP contribution in [0.4, 0.5) is 4.79 Å². The number of amides is 1. The van der Waals surface area contributed by atoms with Crippen molar-refractivity contribution in [3.05, 3.63) is 69.3 Å². The number of ketones is 1. The highest BCUT2D eigenvalue weighted by Gasteiger charge is 2.34. The minimum atomic E-state index is -0.717. The maximum atomic E-state index is 12.6. The van der Waals surface area contributed by atoms with E-state index >= 15 is 0 Å². The molecule has 0 spiro atoms. The summed E-state index contributed by atoms with van der Waals surface area (Å²) < 4.78 is 12.2. The zero-order valence-corrected chi connectivity index (χ0v) is 21.0. The highest BCUT2D eigenvalue weighted by Crippen LogP contribution is 2.27. The molecule has 2 rings (SSSR count). The summed E-state index contributed by atoms with van der Waals surface area (Å²) in [4.78, 5) is 26.2. The second-order valence-corrected chi connectivity index (χ2v) is 9.07. The number of hydrogen-bond acceptors (Lipinski definition) is 4. The molecule has 0 saturated heterocycles. The van der Waals surface area contributed by atoms with Gasteiger partial charge in [0.15, 0.2) is 5.78 Å². The highest BCUT2D eigenvalue weighted by molar-refractivity contribution is 14.1. The van der Waals surface area contributed by atoms with Crippen molar-refractivity contribution in [1.82, 2.24) is 4.90 Å². The Labute approximate surface area is 200 Å². The predicted molar refractivity (Wildman–Crippen MR) is 130 cm³/mol. The zero-order chi connectivity index (χ0) is 22.0. The molecule has 0 aliphatic rings. The first-order chi connectivity index (χ1) is 14.4. The number of carbonyl (C=O) groups is 2. The van der Waals surface area contributed by atoms with Crippen LogP contribution in [0.15, 0.2) is 54.6 Å². The molecule has 5 nitrogen and oxygen atoms in total. The summed E-state index contributed by atoms with van der Waals surface area (Å²) in [7, 11) is 1.71. The molecule has 0 aromatic heterocycles. The smallest absolute Gasteiger partial charge is 0.409 e. The van der Waals surface area contributed by atoms with E-state index in [2.05, 4.69) is 38.5 Å². The van der Waals surface area contributed by atoms with Crippen molar-refractivity contribution in [1.29, 1.82) is 0 Å². The first-order valence-corrected chi connectivity index (χ1v) is 11.9. The largest absolute Gasteiger partial charge is 0.445 e. The van der Waals surface area contributed by atoms with Crippen LogP contribution >= 0.6 is 38.5 Å². The van der Waals surface area contributed by atoms with Gasteiger partial charge in [0.05, 0.1) is 17.4 Å². The topological polar surface area (TPSA) is 55.8 Å². The van der Waals surface area contributed by atoms with Crippen LogP contribution in [-0.4, -0.2) is 48.9 Å². The van der Waals surface area contributed by atoms with E-state index in [1.54, 1.807) is 7.05 Å². The molecule has 30 heavy (non-hydrogen) atoms. The van der Waals surface area contributed by atoms with Crippen LogP contribution in [0.3, 0.4) is 0 Å². The van der Waals surface area contributed by atoms with Gasteiger partial charge >= 0.3 is 6.09 Å². The molecule has 0 heterocycles. The van der Waals surface area contributed by atoms with E-state index in [4.69, 9.17) is 9.47 Å². The molecule has 0 bridgehead atoms. The maximum absolute atomic E-state index is 12.6. The van der Waals surface area contributed by atoms with Gasteiger partial charge < -0.3 is 14.4 Å². The lowest BCUT2D eigenvalue weighted by molar-refractivity contribution is -0.123. The van der Waals surface area contributed by atoms with E-state index in [0.717, 1.165) is 14.7 Å². The molecule has 2 aromatic carbocycles. The van der Waals surface area contributed by atoms with Crippen molar-refractivity contribution in [3.8, 4) is 0 Å². The average molecular weight is 588 g/mol. The summed E-state index contributed by atoms with van der Waals surface area (Å²) in [6.45, 7) is 3.42. The molecule has 2 aromatic rings. The first kappa shape index (κ1) is 24.8. The van der Waals surface area contributed by atoms with Crippen LogP contribution in [0.2, 0.25) is 0 Å². The molecule has 162 valence electrons. The molecule has 0 saturated carbocycles. The summed E-state index contributed by atoms with van der Waals surface area (Å²) in [5.74, 6) is 0.0751. The van der Waals surface area contributed by atoms with Gasteiger partial charge in [-0.05, 0) is 59.2 Å². The Morgan fingerprint density at radius 3 is 2.53 bits per heavy atom. The fourth-order valence-corrected chi connectivity index (χ4v) is 4.07. The highest BCUT2D eigenvalue weighted by atomic mass is 127. The summed E-state index contributed by atoms with van der Waals surface area (Å²) in [6, 6.07) is 17.5.